The second-order valence-electron chi connectivity index (χ2n) is 6.79. The van der Waals surface area contributed by atoms with Crippen LogP contribution in [0.25, 0.3) is 0 Å². The van der Waals surface area contributed by atoms with Crippen molar-refractivity contribution in [2.75, 3.05) is 0 Å². The number of carboxylic acid groups (broad SMARTS) is 2. The van der Waals surface area contributed by atoms with E-state index >= 15 is 0 Å². The molecule has 1 saturated carbocycles. The molecule has 0 aliphatic heterocycles. The van der Waals surface area contributed by atoms with Gasteiger partial charge >= 0.3 is 11.9 Å². The summed E-state index contributed by atoms with van der Waals surface area (Å²) in [6, 6.07) is 20.6. The molecule has 3 N–H and O–H groups in total. The lowest BCUT2D eigenvalue weighted by Crippen LogP contribution is -2.36. The smallest absolute Gasteiger partial charge is 0.303 e. The van der Waals surface area contributed by atoms with Crippen LogP contribution in [0, 0.1) is 0 Å². The van der Waals surface area contributed by atoms with E-state index in [-0.39, 0.29) is 18.8 Å². The Morgan fingerprint density at radius 3 is 1.89 bits per heavy atom. The summed E-state index contributed by atoms with van der Waals surface area (Å²) in [5.41, 5.74) is 1.61. The average molecular weight is 370 g/mol. The first-order chi connectivity index (χ1) is 12.9. The van der Waals surface area contributed by atoms with Gasteiger partial charge in [-0.3, -0.25) is 9.59 Å². The van der Waals surface area contributed by atoms with Crippen LogP contribution in [0.3, 0.4) is 0 Å². The van der Waals surface area contributed by atoms with Gasteiger partial charge in [0.1, 0.15) is 0 Å². The van der Waals surface area contributed by atoms with Crippen LogP contribution in [0.2, 0.25) is 0 Å². The molecule has 144 valence electrons. The van der Waals surface area contributed by atoms with Crippen LogP contribution in [-0.4, -0.2) is 27.3 Å². The Morgan fingerprint density at radius 1 is 0.852 bits per heavy atom. The van der Waals surface area contributed by atoms with Crippen molar-refractivity contribution < 1.29 is 24.9 Å². The number of aliphatic hydroxyl groups is 1. The number of hydrogen-bond acceptors (Lipinski definition) is 3. The fourth-order valence-electron chi connectivity index (χ4n) is 3.57. The topological polar surface area (TPSA) is 94.8 Å². The molecular weight excluding hydrogens is 344 g/mol. The molecule has 2 aromatic carbocycles. The molecule has 0 radical (unpaired) electrons. The van der Waals surface area contributed by atoms with Gasteiger partial charge in [-0.15, -0.1) is 0 Å². The van der Waals surface area contributed by atoms with Crippen molar-refractivity contribution >= 4 is 11.9 Å². The summed E-state index contributed by atoms with van der Waals surface area (Å²) in [4.78, 5) is 19.3. The summed E-state index contributed by atoms with van der Waals surface area (Å²) in [5, 5.41) is 27.1. The fraction of sp³-hybridized carbons (Fsp3) is 0.364. The Bertz CT molecular complexity index is 715. The number of carbonyl (C=O) groups is 2. The summed E-state index contributed by atoms with van der Waals surface area (Å²) in [7, 11) is 0. The van der Waals surface area contributed by atoms with Gasteiger partial charge in [0, 0.05) is 5.92 Å². The van der Waals surface area contributed by atoms with Crippen molar-refractivity contribution in [3.63, 3.8) is 0 Å². The van der Waals surface area contributed by atoms with Crippen LogP contribution in [0.5, 0.6) is 0 Å². The molecule has 0 spiro atoms. The highest BCUT2D eigenvalue weighted by Crippen LogP contribution is 2.47. The summed E-state index contributed by atoms with van der Waals surface area (Å²) in [6.45, 7) is 0. The van der Waals surface area contributed by atoms with Crippen molar-refractivity contribution in [3.05, 3.63) is 71.8 Å². The van der Waals surface area contributed by atoms with Crippen molar-refractivity contribution in [2.45, 2.75) is 50.0 Å². The maximum Gasteiger partial charge on any atom is 0.303 e. The maximum absolute atomic E-state index is 11.3. The summed E-state index contributed by atoms with van der Waals surface area (Å²) < 4.78 is 0. The zero-order chi connectivity index (χ0) is 19.7. The van der Waals surface area contributed by atoms with E-state index in [2.05, 4.69) is 36.4 Å². The zero-order valence-electron chi connectivity index (χ0n) is 15.3. The van der Waals surface area contributed by atoms with E-state index in [0.717, 1.165) is 24.8 Å². The van der Waals surface area contributed by atoms with Gasteiger partial charge in [-0.1, -0.05) is 73.5 Å². The standard InChI is InChI=1S/C18H20O.C4H6O4/c19-18(16-11-5-2-6-12-16)14-8-7-13-17(18)15-9-3-1-4-10-15;5-3(6)1-2-4(7)8/h1-6,9-12,17,19H,7-8,13-14H2;1-2H2,(H,5,6)(H,7,8). The summed E-state index contributed by atoms with van der Waals surface area (Å²) >= 11 is 0. The van der Waals surface area contributed by atoms with Crippen LogP contribution < -0.4 is 0 Å². The van der Waals surface area contributed by atoms with Crippen LogP contribution in [-0.2, 0) is 15.2 Å². The lowest BCUT2D eigenvalue weighted by molar-refractivity contribution is -0.143. The first-order valence-corrected chi connectivity index (χ1v) is 9.20. The van der Waals surface area contributed by atoms with E-state index in [1.165, 1.54) is 12.0 Å². The Hall–Kier alpha value is -2.66. The third-order valence-electron chi connectivity index (χ3n) is 4.91. The highest BCUT2D eigenvalue weighted by molar-refractivity contribution is 5.75. The molecule has 1 aliphatic rings. The van der Waals surface area contributed by atoms with Crippen LogP contribution in [0.15, 0.2) is 60.7 Å². The molecule has 5 nitrogen and oxygen atoms in total. The molecule has 0 saturated heterocycles. The Kier molecular flexibility index (Phi) is 7.55. The van der Waals surface area contributed by atoms with E-state index in [1.807, 2.05) is 24.3 Å². The first kappa shape index (κ1) is 20.6. The number of benzene rings is 2. The Labute approximate surface area is 159 Å². The maximum atomic E-state index is 11.3. The second kappa shape index (κ2) is 9.88. The lowest BCUT2D eigenvalue weighted by Gasteiger charge is -2.41. The van der Waals surface area contributed by atoms with Gasteiger partial charge in [-0.25, -0.2) is 0 Å². The SMILES string of the molecule is O=C(O)CCC(=O)O.OC1(c2ccccc2)CCCCC1c1ccccc1. The minimum absolute atomic E-state index is 0.213. The van der Waals surface area contributed by atoms with Crippen LogP contribution in [0.4, 0.5) is 0 Å². The summed E-state index contributed by atoms with van der Waals surface area (Å²) in [6.07, 6.45) is 3.64. The molecule has 1 aliphatic carbocycles. The van der Waals surface area contributed by atoms with Gasteiger partial charge in [-0.05, 0) is 24.0 Å². The van der Waals surface area contributed by atoms with Crippen molar-refractivity contribution in [1.29, 1.82) is 0 Å². The average Bonchev–Trinajstić information content (AvgIpc) is 2.69. The monoisotopic (exact) mass is 370 g/mol. The molecule has 2 atom stereocenters. The van der Waals surface area contributed by atoms with Gasteiger partial charge in [0.15, 0.2) is 0 Å². The third kappa shape index (κ3) is 5.93. The van der Waals surface area contributed by atoms with Gasteiger partial charge in [0.25, 0.3) is 0 Å². The van der Waals surface area contributed by atoms with Gasteiger partial charge in [0.2, 0.25) is 0 Å². The predicted molar refractivity (Wildman–Crippen MR) is 102 cm³/mol. The normalized spacial score (nSPS) is 21.6. The first-order valence-electron chi connectivity index (χ1n) is 9.20. The minimum Gasteiger partial charge on any atom is -0.481 e. The molecule has 0 amide bonds. The second-order valence-corrected chi connectivity index (χ2v) is 6.79. The molecule has 1 fully saturated rings. The minimum atomic E-state index is -1.08. The van der Waals surface area contributed by atoms with Gasteiger partial charge in [-0.2, -0.15) is 0 Å². The molecule has 0 heterocycles. The van der Waals surface area contributed by atoms with Crippen molar-refractivity contribution in [3.8, 4) is 0 Å². The lowest BCUT2D eigenvalue weighted by atomic mass is 9.69. The van der Waals surface area contributed by atoms with Crippen molar-refractivity contribution in [2.24, 2.45) is 0 Å². The number of carboxylic acids is 2. The van der Waals surface area contributed by atoms with E-state index in [1.54, 1.807) is 0 Å². The molecule has 5 heteroatoms. The van der Waals surface area contributed by atoms with Crippen molar-refractivity contribution in [1.82, 2.24) is 0 Å². The van der Waals surface area contributed by atoms with Gasteiger partial charge < -0.3 is 15.3 Å². The molecule has 0 aromatic heterocycles. The van der Waals surface area contributed by atoms with E-state index < -0.39 is 17.5 Å². The predicted octanol–water partition coefficient (Wildman–Crippen LogP) is 4.17. The molecule has 2 unspecified atom stereocenters. The van der Waals surface area contributed by atoms with Crippen LogP contribution in [0.1, 0.15) is 55.6 Å². The van der Waals surface area contributed by atoms with E-state index in [9.17, 15) is 14.7 Å². The quantitative estimate of drug-likeness (QED) is 0.734. The molecule has 2 aromatic rings. The van der Waals surface area contributed by atoms with E-state index in [4.69, 9.17) is 10.2 Å². The number of hydrogen-bond donors (Lipinski definition) is 3. The third-order valence-corrected chi connectivity index (χ3v) is 4.91. The summed E-state index contributed by atoms with van der Waals surface area (Å²) in [5.74, 6) is -1.94. The van der Waals surface area contributed by atoms with E-state index in [0.29, 0.717) is 0 Å². The molecule has 27 heavy (non-hydrogen) atoms. The van der Waals surface area contributed by atoms with Gasteiger partial charge in [0.05, 0.1) is 18.4 Å². The fourth-order valence-corrected chi connectivity index (χ4v) is 3.57. The Balaban J connectivity index is 0.000000279. The Morgan fingerprint density at radius 2 is 1.37 bits per heavy atom. The highest BCUT2D eigenvalue weighted by atomic mass is 16.4. The molecular formula is C22H26O5. The number of rotatable bonds is 5. The molecule has 0 bridgehead atoms. The zero-order valence-corrected chi connectivity index (χ0v) is 15.3. The number of aliphatic carboxylic acids is 2. The largest absolute Gasteiger partial charge is 0.481 e. The molecule has 3 rings (SSSR count). The highest BCUT2D eigenvalue weighted by Gasteiger charge is 2.40. The van der Waals surface area contributed by atoms with Crippen LogP contribution >= 0.6 is 0 Å².